The molecule has 1 heteroatoms. The van der Waals surface area contributed by atoms with E-state index in [1.165, 1.54) is 19.3 Å². The van der Waals surface area contributed by atoms with Crippen LogP contribution in [0.4, 0.5) is 0 Å². The van der Waals surface area contributed by atoms with Gasteiger partial charge in [-0.3, -0.25) is 0 Å². The summed E-state index contributed by atoms with van der Waals surface area (Å²) in [6.07, 6.45) is 5.00. The van der Waals surface area contributed by atoms with E-state index in [9.17, 15) is 0 Å². The summed E-state index contributed by atoms with van der Waals surface area (Å²) >= 11 is 4.69. The molecule has 14 heavy (non-hydrogen) atoms. The minimum Gasteiger partial charge on any atom is -0.173 e. The maximum absolute atomic E-state index is 4.69. The Bertz CT molecular complexity index is 157. The SMILES string of the molecule is CCC(C)(S)CCC(C)(C)CC(C)C. The summed E-state index contributed by atoms with van der Waals surface area (Å²) in [5.74, 6) is 0.804. The molecule has 0 N–H and O–H groups in total. The molecule has 0 amide bonds. The Hall–Kier alpha value is 0.350. The Morgan fingerprint density at radius 3 is 1.93 bits per heavy atom. The summed E-state index contributed by atoms with van der Waals surface area (Å²) in [6.45, 7) is 13.9. The first-order valence-electron chi connectivity index (χ1n) is 5.91. The zero-order chi connectivity index (χ0) is 11.4. The molecule has 0 radical (unpaired) electrons. The summed E-state index contributed by atoms with van der Waals surface area (Å²) < 4.78 is 0.230. The van der Waals surface area contributed by atoms with Crippen LogP contribution in [0.1, 0.15) is 67.2 Å². The van der Waals surface area contributed by atoms with Gasteiger partial charge in [-0.25, -0.2) is 0 Å². The van der Waals surface area contributed by atoms with Gasteiger partial charge in [0.25, 0.3) is 0 Å². The van der Waals surface area contributed by atoms with Crippen molar-refractivity contribution in [2.24, 2.45) is 11.3 Å². The van der Waals surface area contributed by atoms with E-state index in [0.717, 1.165) is 12.3 Å². The molecule has 0 saturated carbocycles. The van der Waals surface area contributed by atoms with Gasteiger partial charge < -0.3 is 0 Å². The largest absolute Gasteiger partial charge is 0.173 e. The van der Waals surface area contributed by atoms with Crippen LogP contribution in [0.25, 0.3) is 0 Å². The topological polar surface area (TPSA) is 0 Å². The van der Waals surface area contributed by atoms with Crippen molar-refractivity contribution in [2.75, 3.05) is 0 Å². The van der Waals surface area contributed by atoms with Crippen LogP contribution >= 0.6 is 12.6 Å². The molecule has 0 aromatic carbocycles. The second-order valence-electron chi connectivity index (χ2n) is 6.11. The van der Waals surface area contributed by atoms with Gasteiger partial charge in [0.05, 0.1) is 0 Å². The van der Waals surface area contributed by atoms with Crippen LogP contribution in [-0.4, -0.2) is 4.75 Å². The molecule has 1 atom stereocenters. The molecule has 0 heterocycles. The van der Waals surface area contributed by atoms with Crippen molar-refractivity contribution >= 4 is 12.6 Å². The summed E-state index contributed by atoms with van der Waals surface area (Å²) in [6, 6.07) is 0. The predicted molar refractivity (Wildman–Crippen MR) is 70.2 cm³/mol. The van der Waals surface area contributed by atoms with E-state index >= 15 is 0 Å². The van der Waals surface area contributed by atoms with E-state index in [0.29, 0.717) is 5.41 Å². The third-order valence-electron chi connectivity index (χ3n) is 3.06. The van der Waals surface area contributed by atoms with Crippen molar-refractivity contribution in [3.63, 3.8) is 0 Å². The first kappa shape index (κ1) is 14.3. The van der Waals surface area contributed by atoms with Crippen LogP contribution in [0.2, 0.25) is 0 Å². The van der Waals surface area contributed by atoms with Gasteiger partial charge in [-0.2, -0.15) is 12.6 Å². The smallest absolute Gasteiger partial charge is 0.00989 e. The molecule has 0 aliphatic rings. The Morgan fingerprint density at radius 2 is 1.57 bits per heavy atom. The van der Waals surface area contributed by atoms with Crippen LogP contribution in [0.5, 0.6) is 0 Å². The maximum atomic E-state index is 4.69. The lowest BCUT2D eigenvalue weighted by Gasteiger charge is -2.31. The summed E-state index contributed by atoms with van der Waals surface area (Å²) in [7, 11) is 0. The maximum Gasteiger partial charge on any atom is 0.00989 e. The molecule has 0 aromatic rings. The highest BCUT2D eigenvalue weighted by Gasteiger charge is 2.24. The molecule has 0 fully saturated rings. The standard InChI is InChI=1S/C13H28S/c1-7-13(6,14)9-8-12(4,5)10-11(2)3/h11,14H,7-10H2,1-6H3. The molecule has 0 saturated heterocycles. The highest BCUT2D eigenvalue weighted by molar-refractivity contribution is 7.81. The molecule has 0 bridgehead atoms. The molecular weight excluding hydrogens is 188 g/mol. The van der Waals surface area contributed by atoms with Gasteiger partial charge in [0, 0.05) is 4.75 Å². The number of thiol groups is 1. The average Bonchev–Trinajstić information content (AvgIpc) is 1.99. The molecular formula is C13H28S. The average molecular weight is 216 g/mol. The van der Waals surface area contributed by atoms with E-state index in [4.69, 9.17) is 0 Å². The molecule has 0 aliphatic heterocycles. The van der Waals surface area contributed by atoms with E-state index < -0.39 is 0 Å². The molecule has 86 valence electrons. The summed E-state index contributed by atoms with van der Waals surface area (Å²) in [5, 5.41) is 0. The van der Waals surface area contributed by atoms with Gasteiger partial charge in [0.2, 0.25) is 0 Å². The zero-order valence-corrected chi connectivity index (χ0v) is 11.7. The summed E-state index contributed by atoms with van der Waals surface area (Å²) in [4.78, 5) is 0. The van der Waals surface area contributed by atoms with Crippen LogP contribution in [0.3, 0.4) is 0 Å². The lowest BCUT2D eigenvalue weighted by atomic mass is 9.78. The minimum absolute atomic E-state index is 0.230. The van der Waals surface area contributed by atoms with Crippen molar-refractivity contribution in [1.29, 1.82) is 0 Å². The van der Waals surface area contributed by atoms with Gasteiger partial charge in [0.15, 0.2) is 0 Å². The highest BCUT2D eigenvalue weighted by Crippen LogP contribution is 2.35. The van der Waals surface area contributed by atoms with Crippen molar-refractivity contribution in [1.82, 2.24) is 0 Å². The lowest BCUT2D eigenvalue weighted by Crippen LogP contribution is -2.21. The molecule has 0 aliphatic carbocycles. The van der Waals surface area contributed by atoms with Crippen LogP contribution in [0.15, 0.2) is 0 Å². The Morgan fingerprint density at radius 1 is 1.07 bits per heavy atom. The van der Waals surface area contributed by atoms with Gasteiger partial charge >= 0.3 is 0 Å². The third kappa shape index (κ3) is 6.75. The van der Waals surface area contributed by atoms with Crippen molar-refractivity contribution < 1.29 is 0 Å². The van der Waals surface area contributed by atoms with E-state index in [1.807, 2.05) is 0 Å². The highest BCUT2D eigenvalue weighted by atomic mass is 32.1. The van der Waals surface area contributed by atoms with Crippen LogP contribution < -0.4 is 0 Å². The van der Waals surface area contributed by atoms with Gasteiger partial charge in [0.1, 0.15) is 0 Å². The second-order valence-corrected chi connectivity index (χ2v) is 7.19. The normalized spacial score (nSPS) is 17.1. The van der Waals surface area contributed by atoms with Gasteiger partial charge in [-0.05, 0) is 37.0 Å². The van der Waals surface area contributed by atoms with E-state index in [2.05, 4.69) is 54.2 Å². The monoisotopic (exact) mass is 216 g/mol. The fourth-order valence-electron chi connectivity index (χ4n) is 1.99. The molecule has 0 rings (SSSR count). The fourth-order valence-corrected chi connectivity index (χ4v) is 2.10. The first-order chi connectivity index (χ1) is 6.18. The molecule has 0 aromatic heterocycles. The van der Waals surface area contributed by atoms with Crippen LogP contribution in [0, 0.1) is 11.3 Å². The Labute approximate surface area is 96.3 Å². The third-order valence-corrected chi connectivity index (χ3v) is 3.60. The minimum atomic E-state index is 0.230. The second kappa shape index (κ2) is 5.44. The van der Waals surface area contributed by atoms with Crippen LogP contribution in [-0.2, 0) is 0 Å². The van der Waals surface area contributed by atoms with Crippen molar-refractivity contribution in [3.05, 3.63) is 0 Å². The van der Waals surface area contributed by atoms with E-state index in [1.54, 1.807) is 0 Å². The lowest BCUT2D eigenvalue weighted by molar-refractivity contribution is 0.249. The first-order valence-corrected chi connectivity index (χ1v) is 6.36. The zero-order valence-electron chi connectivity index (χ0n) is 10.9. The van der Waals surface area contributed by atoms with Crippen molar-refractivity contribution in [2.45, 2.75) is 72.0 Å². The fraction of sp³-hybridized carbons (Fsp3) is 1.00. The van der Waals surface area contributed by atoms with Gasteiger partial charge in [-0.15, -0.1) is 0 Å². The number of rotatable bonds is 6. The molecule has 0 spiro atoms. The Kier molecular flexibility index (Phi) is 5.57. The number of hydrogen-bond acceptors (Lipinski definition) is 1. The quantitative estimate of drug-likeness (QED) is 0.598. The number of hydrogen-bond donors (Lipinski definition) is 1. The van der Waals surface area contributed by atoms with E-state index in [-0.39, 0.29) is 4.75 Å². The van der Waals surface area contributed by atoms with Gasteiger partial charge in [-0.1, -0.05) is 41.5 Å². The Balaban J connectivity index is 3.98. The summed E-state index contributed by atoms with van der Waals surface area (Å²) in [5.41, 5.74) is 0.479. The van der Waals surface area contributed by atoms with Crippen molar-refractivity contribution in [3.8, 4) is 0 Å². The molecule has 0 nitrogen and oxygen atoms in total. The predicted octanol–water partition coefficient (Wildman–Crippen LogP) is 4.94. The molecule has 1 unspecified atom stereocenters.